The Kier molecular flexibility index (Phi) is 5.67. The van der Waals surface area contributed by atoms with E-state index in [4.69, 9.17) is 28.9 Å². The number of carbonyl (C=O) groups excluding carboxylic acids is 2. The summed E-state index contributed by atoms with van der Waals surface area (Å²) < 4.78 is 0. The fourth-order valence-electron chi connectivity index (χ4n) is 2.79. The van der Waals surface area contributed by atoms with Gasteiger partial charge in [-0.3, -0.25) is 9.59 Å². The third kappa shape index (κ3) is 4.12. The van der Waals surface area contributed by atoms with Crippen LogP contribution >= 0.6 is 23.2 Å². The first-order valence-electron chi connectivity index (χ1n) is 7.12. The molecule has 4 N–H and O–H groups in total. The van der Waals surface area contributed by atoms with Crippen molar-refractivity contribution < 1.29 is 14.7 Å². The lowest BCUT2D eigenvalue weighted by molar-refractivity contribution is -0.132. The number of rotatable bonds is 4. The van der Waals surface area contributed by atoms with Gasteiger partial charge in [-0.05, 0) is 36.6 Å². The van der Waals surface area contributed by atoms with E-state index in [0.717, 1.165) is 12.8 Å². The summed E-state index contributed by atoms with van der Waals surface area (Å²) in [5.41, 5.74) is 5.68. The van der Waals surface area contributed by atoms with Gasteiger partial charge >= 0.3 is 0 Å². The van der Waals surface area contributed by atoms with Gasteiger partial charge in [-0.15, -0.1) is 0 Å². The number of amides is 2. The Hall–Kier alpha value is -1.30. The van der Waals surface area contributed by atoms with E-state index in [1.54, 1.807) is 0 Å². The van der Waals surface area contributed by atoms with Crippen molar-refractivity contribution in [2.45, 2.75) is 37.8 Å². The summed E-state index contributed by atoms with van der Waals surface area (Å²) in [5.74, 6) is -1.41. The molecule has 0 aliphatic heterocycles. The highest BCUT2D eigenvalue weighted by atomic mass is 35.5. The van der Waals surface area contributed by atoms with Gasteiger partial charge in [0.25, 0.3) is 5.91 Å². The summed E-state index contributed by atoms with van der Waals surface area (Å²) in [7, 11) is 0. The summed E-state index contributed by atoms with van der Waals surface area (Å²) in [6, 6.07) is 4.12. The van der Waals surface area contributed by atoms with Crippen molar-refractivity contribution in [3.63, 3.8) is 0 Å². The smallest absolute Gasteiger partial charge is 0.253 e. The summed E-state index contributed by atoms with van der Waals surface area (Å²) >= 11 is 11.7. The Morgan fingerprint density at radius 2 is 1.77 bits per heavy atom. The van der Waals surface area contributed by atoms with E-state index in [2.05, 4.69) is 5.32 Å². The maximum absolute atomic E-state index is 12.2. The Morgan fingerprint density at radius 1 is 1.18 bits per heavy atom. The van der Waals surface area contributed by atoms with Crippen LogP contribution in [0.1, 0.15) is 37.4 Å². The second-order valence-electron chi connectivity index (χ2n) is 5.51. The molecule has 0 aromatic heterocycles. The number of nitrogens with two attached hydrogens (primary N) is 1. The number of nitrogens with one attached hydrogen (secondary N) is 1. The number of aliphatic hydroxyl groups is 1. The molecule has 1 saturated carbocycles. The number of aliphatic hydroxyl groups excluding tert-OH is 1. The average molecular weight is 345 g/mol. The van der Waals surface area contributed by atoms with Crippen molar-refractivity contribution >= 4 is 35.0 Å². The van der Waals surface area contributed by atoms with E-state index in [-0.39, 0.29) is 6.04 Å². The van der Waals surface area contributed by atoms with E-state index >= 15 is 0 Å². The van der Waals surface area contributed by atoms with Crippen LogP contribution in [0.25, 0.3) is 0 Å². The summed E-state index contributed by atoms with van der Waals surface area (Å²) in [4.78, 5) is 23.7. The molecule has 0 heterocycles. The molecule has 1 aliphatic carbocycles. The van der Waals surface area contributed by atoms with E-state index in [9.17, 15) is 14.7 Å². The lowest BCUT2D eigenvalue weighted by Gasteiger charge is -2.30. The van der Waals surface area contributed by atoms with Gasteiger partial charge in [0, 0.05) is 16.1 Å². The third-order valence-electron chi connectivity index (χ3n) is 3.91. The molecule has 0 bridgehead atoms. The van der Waals surface area contributed by atoms with Gasteiger partial charge < -0.3 is 16.2 Å². The first-order chi connectivity index (χ1) is 10.4. The quantitative estimate of drug-likeness (QED) is 0.781. The maximum atomic E-state index is 12.2. The molecule has 1 aliphatic rings. The second-order valence-corrected chi connectivity index (χ2v) is 6.39. The van der Waals surface area contributed by atoms with Crippen LogP contribution < -0.4 is 11.1 Å². The number of benzene rings is 1. The van der Waals surface area contributed by atoms with Crippen LogP contribution in [0.15, 0.2) is 18.2 Å². The van der Waals surface area contributed by atoms with E-state index in [1.165, 1.54) is 18.2 Å². The van der Waals surface area contributed by atoms with Crippen molar-refractivity contribution in [2.24, 2.45) is 11.7 Å². The number of hydrogen-bond acceptors (Lipinski definition) is 3. The minimum Gasteiger partial charge on any atom is -0.378 e. The molecule has 3 unspecified atom stereocenters. The van der Waals surface area contributed by atoms with Gasteiger partial charge in [0.2, 0.25) is 5.91 Å². The molecule has 0 radical (unpaired) electrons. The average Bonchev–Trinajstić information content (AvgIpc) is 2.45. The first kappa shape index (κ1) is 17.1. The number of hydrogen-bond donors (Lipinski definition) is 3. The molecule has 7 heteroatoms. The van der Waals surface area contributed by atoms with Crippen LogP contribution in [0.4, 0.5) is 0 Å². The van der Waals surface area contributed by atoms with Gasteiger partial charge in [0.05, 0.1) is 5.92 Å². The van der Waals surface area contributed by atoms with Crippen LogP contribution in [-0.2, 0) is 9.59 Å². The number of halogens is 2. The van der Waals surface area contributed by atoms with Crippen LogP contribution in [0.3, 0.4) is 0 Å². The minimum atomic E-state index is -1.40. The predicted octanol–water partition coefficient (Wildman–Crippen LogP) is 2.19. The normalized spacial score (nSPS) is 22.9. The standard InChI is InChI=1S/C15H18Cl2N2O3/c16-9-5-8(6-10(17)7-9)13(20)15(22)19-12-4-2-1-3-11(12)14(18)21/h5-7,11-13,20H,1-4H2,(H2,18,21)(H,19,22). The monoisotopic (exact) mass is 344 g/mol. The first-order valence-corrected chi connectivity index (χ1v) is 7.88. The maximum Gasteiger partial charge on any atom is 0.253 e. The highest BCUT2D eigenvalue weighted by Crippen LogP contribution is 2.26. The van der Waals surface area contributed by atoms with Crippen LogP contribution in [0, 0.1) is 5.92 Å². The van der Waals surface area contributed by atoms with Gasteiger partial charge in [-0.2, -0.15) is 0 Å². The third-order valence-corrected chi connectivity index (χ3v) is 4.34. The molecule has 2 rings (SSSR count). The fourth-order valence-corrected chi connectivity index (χ4v) is 3.33. The van der Waals surface area contributed by atoms with Crippen LogP contribution in [0.5, 0.6) is 0 Å². The molecule has 0 spiro atoms. The molecule has 120 valence electrons. The van der Waals surface area contributed by atoms with E-state index < -0.39 is 23.8 Å². The van der Waals surface area contributed by atoms with E-state index in [0.29, 0.717) is 28.5 Å². The van der Waals surface area contributed by atoms with Gasteiger partial charge in [-0.25, -0.2) is 0 Å². The SMILES string of the molecule is NC(=O)C1CCCCC1NC(=O)C(O)c1cc(Cl)cc(Cl)c1. The molecular formula is C15H18Cl2N2O3. The van der Waals surface area contributed by atoms with Crippen molar-refractivity contribution in [3.05, 3.63) is 33.8 Å². The molecule has 2 amide bonds. The van der Waals surface area contributed by atoms with Gasteiger partial charge in [0.15, 0.2) is 6.10 Å². The molecule has 0 saturated heterocycles. The summed E-state index contributed by atoms with van der Waals surface area (Å²) in [5, 5.41) is 13.5. The lowest BCUT2D eigenvalue weighted by Crippen LogP contribution is -2.48. The molecular weight excluding hydrogens is 327 g/mol. The minimum absolute atomic E-state index is 0.307. The zero-order valence-electron chi connectivity index (χ0n) is 11.9. The lowest BCUT2D eigenvalue weighted by atomic mass is 9.84. The molecule has 5 nitrogen and oxygen atoms in total. The Bertz CT molecular complexity index is 560. The van der Waals surface area contributed by atoms with Crippen LogP contribution in [-0.4, -0.2) is 23.0 Å². The second kappa shape index (κ2) is 7.31. The molecule has 3 atom stereocenters. The predicted molar refractivity (Wildman–Crippen MR) is 84.5 cm³/mol. The van der Waals surface area contributed by atoms with Crippen molar-refractivity contribution in [1.82, 2.24) is 5.32 Å². The molecule has 1 aromatic carbocycles. The molecule has 1 fully saturated rings. The highest BCUT2D eigenvalue weighted by molar-refractivity contribution is 6.34. The Morgan fingerprint density at radius 3 is 2.36 bits per heavy atom. The molecule has 1 aromatic rings. The van der Waals surface area contributed by atoms with Gasteiger partial charge in [0.1, 0.15) is 0 Å². The van der Waals surface area contributed by atoms with Crippen molar-refractivity contribution in [2.75, 3.05) is 0 Å². The van der Waals surface area contributed by atoms with Crippen molar-refractivity contribution in [3.8, 4) is 0 Å². The van der Waals surface area contributed by atoms with Crippen molar-refractivity contribution in [1.29, 1.82) is 0 Å². The van der Waals surface area contributed by atoms with Gasteiger partial charge in [-0.1, -0.05) is 36.0 Å². The van der Waals surface area contributed by atoms with E-state index in [1.807, 2.05) is 0 Å². The fraction of sp³-hybridized carbons (Fsp3) is 0.467. The highest BCUT2D eigenvalue weighted by Gasteiger charge is 2.32. The van der Waals surface area contributed by atoms with Crippen LogP contribution in [0.2, 0.25) is 10.0 Å². The Balaban J connectivity index is 2.08. The summed E-state index contributed by atoms with van der Waals surface area (Å²) in [6.45, 7) is 0. The topological polar surface area (TPSA) is 92.4 Å². The zero-order valence-corrected chi connectivity index (χ0v) is 13.4. The Labute approximate surface area is 138 Å². The zero-order chi connectivity index (χ0) is 16.3. The number of primary amides is 1. The molecule has 22 heavy (non-hydrogen) atoms. The number of carbonyl (C=O) groups is 2. The summed E-state index contributed by atoms with van der Waals surface area (Å²) in [6.07, 6.45) is 1.74. The largest absolute Gasteiger partial charge is 0.378 e.